The van der Waals surface area contributed by atoms with Crippen LogP contribution in [0.5, 0.6) is 0 Å². The molecule has 1 atom stereocenters. The zero-order valence-corrected chi connectivity index (χ0v) is 16.5. The fourth-order valence-electron chi connectivity index (χ4n) is 2.90. The number of hydrogen-bond donors (Lipinski definition) is 0. The Morgan fingerprint density at radius 2 is 1.79 bits per heavy atom. The molecule has 0 saturated heterocycles. The molecule has 1 saturated carbocycles. The van der Waals surface area contributed by atoms with Crippen molar-refractivity contribution >= 4 is 12.1 Å². The van der Waals surface area contributed by atoms with E-state index in [2.05, 4.69) is 4.98 Å². The standard InChI is InChI=1S/C21H26N2O5/c1-15(2)28-20(25)27-13-21(9-10-21)12-26-19(24)18-11-22-14-23(18)16(3)17-7-5-4-6-8-17/h4-8,11,14-16H,9-10,12-13H2,1-3H3/t16-/m1/s1. The highest BCUT2D eigenvalue weighted by Gasteiger charge is 2.46. The lowest BCUT2D eigenvalue weighted by Crippen LogP contribution is -2.24. The normalized spacial score (nSPS) is 15.7. The molecule has 3 rings (SSSR count). The van der Waals surface area contributed by atoms with Crippen LogP contribution < -0.4 is 0 Å². The van der Waals surface area contributed by atoms with E-state index in [1.165, 1.54) is 6.20 Å². The van der Waals surface area contributed by atoms with Crippen molar-refractivity contribution in [1.29, 1.82) is 0 Å². The van der Waals surface area contributed by atoms with Gasteiger partial charge in [0.2, 0.25) is 0 Å². The first-order valence-electron chi connectivity index (χ1n) is 9.47. The van der Waals surface area contributed by atoms with Crippen LogP contribution in [-0.4, -0.2) is 41.0 Å². The highest BCUT2D eigenvalue weighted by molar-refractivity contribution is 5.87. The van der Waals surface area contributed by atoms with Gasteiger partial charge in [-0.05, 0) is 39.2 Å². The number of carbonyl (C=O) groups excluding carboxylic acids is 2. The Labute approximate surface area is 164 Å². The first-order chi connectivity index (χ1) is 13.4. The summed E-state index contributed by atoms with van der Waals surface area (Å²) in [6, 6.07) is 9.84. The summed E-state index contributed by atoms with van der Waals surface area (Å²) in [5, 5.41) is 0. The van der Waals surface area contributed by atoms with E-state index in [1.807, 2.05) is 37.3 Å². The first kappa shape index (κ1) is 19.9. The fraction of sp³-hybridized carbons (Fsp3) is 0.476. The largest absolute Gasteiger partial charge is 0.508 e. The number of imidazole rings is 1. The van der Waals surface area contributed by atoms with Crippen molar-refractivity contribution < 1.29 is 23.8 Å². The minimum atomic E-state index is -0.692. The van der Waals surface area contributed by atoms with Gasteiger partial charge in [-0.15, -0.1) is 0 Å². The van der Waals surface area contributed by atoms with Crippen LogP contribution in [0.25, 0.3) is 0 Å². The monoisotopic (exact) mass is 386 g/mol. The molecular formula is C21H26N2O5. The molecule has 0 bridgehead atoms. The maximum absolute atomic E-state index is 12.6. The molecule has 1 heterocycles. The van der Waals surface area contributed by atoms with Crippen molar-refractivity contribution in [3.63, 3.8) is 0 Å². The molecule has 1 aliphatic rings. The molecule has 0 spiro atoms. The van der Waals surface area contributed by atoms with E-state index in [0.29, 0.717) is 5.69 Å². The van der Waals surface area contributed by atoms with Gasteiger partial charge in [-0.25, -0.2) is 14.6 Å². The highest BCUT2D eigenvalue weighted by atomic mass is 16.7. The first-order valence-corrected chi connectivity index (χ1v) is 9.47. The highest BCUT2D eigenvalue weighted by Crippen LogP contribution is 2.46. The summed E-state index contributed by atoms with van der Waals surface area (Å²) in [4.78, 5) is 28.3. The maximum Gasteiger partial charge on any atom is 0.508 e. The van der Waals surface area contributed by atoms with E-state index in [1.54, 1.807) is 24.7 Å². The van der Waals surface area contributed by atoms with Crippen LogP contribution in [0, 0.1) is 5.41 Å². The summed E-state index contributed by atoms with van der Waals surface area (Å²) in [7, 11) is 0. The number of ether oxygens (including phenoxy) is 3. The summed E-state index contributed by atoms with van der Waals surface area (Å²) >= 11 is 0. The lowest BCUT2D eigenvalue weighted by Gasteiger charge is -2.18. The topological polar surface area (TPSA) is 79.7 Å². The lowest BCUT2D eigenvalue weighted by molar-refractivity contribution is 0.00634. The zero-order chi connectivity index (χ0) is 20.1. The van der Waals surface area contributed by atoms with Gasteiger partial charge in [0.05, 0.1) is 24.7 Å². The summed E-state index contributed by atoms with van der Waals surface area (Å²) < 4.78 is 17.4. The van der Waals surface area contributed by atoms with Gasteiger partial charge in [0.15, 0.2) is 0 Å². The molecule has 28 heavy (non-hydrogen) atoms. The summed E-state index contributed by atoms with van der Waals surface area (Å²) in [5.74, 6) is -0.434. The molecule has 1 aromatic carbocycles. The fourth-order valence-corrected chi connectivity index (χ4v) is 2.90. The van der Waals surface area contributed by atoms with Crippen molar-refractivity contribution in [3.05, 3.63) is 54.1 Å². The number of esters is 1. The third kappa shape index (κ3) is 4.91. The number of nitrogens with zero attached hydrogens (tertiary/aromatic N) is 2. The molecule has 0 amide bonds. The minimum Gasteiger partial charge on any atom is -0.460 e. The number of aromatic nitrogens is 2. The second-order valence-electron chi connectivity index (χ2n) is 7.55. The van der Waals surface area contributed by atoms with E-state index in [0.717, 1.165) is 18.4 Å². The van der Waals surface area contributed by atoms with Gasteiger partial charge < -0.3 is 18.8 Å². The molecule has 0 N–H and O–H groups in total. The smallest absolute Gasteiger partial charge is 0.460 e. The molecule has 7 heteroatoms. The maximum atomic E-state index is 12.6. The number of benzene rings is 1. The molecule has 0 aliphatic heterocycles. The van der Waals surface area contributed by atoms with Crippen LogP contribution in [0.15, 0.2) is 42.9 Å². The third-order valence-corrected chi connectivity index (χ3v) is 4.87. The van der Waals surface area contributed by atoms with Gasteiger partial charge in [0.25, 0.3) is 0 Å². The van der Waals surface area contributed by atoms with E-state index in [4.69, 9.17) is 14.2 Å². The average molecular weight is 386 g/mol. The molecule has 7 nitrogen and oxygen atoms in total. The van der Waals surface area contributed by atoms with Gasteiger partial charge >= 0.3 is 12.1 Å². The number of carbonyl (C=O) groups is 2. The SMILES string of the molecule is CC(C)OC(=O)OCC1(COC(=O)c2cncn2[C@H](C)c2ccccc2)CC1. The van der Waals surface area contributed by atoms with E-state index >= 15 is 0 Å². The van der Waals surface area contributed by atoms with Crippen molar-refractivity contribution in [2.75, 3.05) is 13.2 Å². The third-order valence-electron chi connectivity index (χ3n) is 4.87. The van der Waals surface area contributed by atoms with E-state index in [9.17, 15) is 9.59 Å². The van der Waals surface area contributed by atoms with Crippen molar-refractivity contribution in [3.8, 4) is 0 Å². The van der Waals surface area contributed by atoms with Crippen LogP contribution in [0.1, 0.15) is 55.7 Å². The van der Waals surface area contributed by atoms with Crippen LogP contribution in [0.4, 0.5) is 4.79 Å². The Bertz CT molecular complexity index is 811. The second kappa shape index (κ2) is 8.46. The second-order valence-corrected chi connectivity index (χ2v) is 7.55. The molecule has 1 aliphatic carbocycles. The Morgan fingerprint density at radius 3 is 2.43 bits per heavy atom. The van der Waals surface area contributed by atoms with Crippen molar-refractivity contribution in [1.82, 2.24) is 9.55 Å². The number of hydrogen-bond acceptors (Lipinski definition) is 6. The van der Waals surface area contributed by atoms with E-state index < -0.39 is 12.1 Å². The van der Waals surface area contributed by atoms with Crippen LogP contribution >= 0.6 is 0 Å². The Kier molecular flexibility index (Phi) is 6.02. The molecular weight excluding hydrogens is 360 g/mol. The molecule has 1 fully saturated rings. The van der Waals surface area contributed by atoms with Crippen LogP contribution in [0.3, 0.4) is 0 Å². The predicted molar refractivity (Wildman–Crippen MR) is 102 cm³/mol. The average Bonchev–Trinajstić information content (AvgIpc) is 3.28. The van der Waals surface area contributed by atoms with Gasteiger partial charge in [0.1, 0.15) is 18.9 Å². The molecule has 0 radical (unpaired) electrons. The van der Waals surface area contributed by atoms with Crippen LogP contribution in [0.2, 0.25) is 0 Å². The van der Waals surface area contributed by atoms with Gasteiger partial charge in [0, 0.05) is 5.41 Å². The van der Waals surface area contributed by atoms with Gasteiger partial charge in [-0.1, -0.05) is 30.3 Å². The Hall–Kier alpha value is -2.83. The van der Waals surface area contributed by atoms with Gasteiger partial charge in [-0.2, -0.15) is 0 Å². The van der Waals surface area contributed by atoms with Crippen molar-refractivity contribution in [2.24, 2.45) is 5.41 Å². The van der Waals surface area contributed by atoms with Crippen LogP contribution in [-0.2, 0) is 14.2 Å². The van der Waals surface area contributed by atoms with Crippen molar-refractivity contribution in [2.45, 2.75) is 45.8 Å². The minimum absolute atomic E-state index is 0.0460. The Morgan fingerprint density at radius 1 is 1.11 bits per heavy atom. The van der Waals surface area contributed by atoms with Gasteiger partial charge in [-0.3, -0.25) is 0 Å². The zero-order valence-electron chi connectivity index (χ0n) is 16.5. The number of rotatable bonds is 8. The molecule has 150 valence electrons. The Balaban J connectivity index is 1.56. The molecule has 2 aromatic rings. The lowest BCUT2D eigenvalue weighted by atomic mass is 10.1. The molecule has 0 unspecified atom stereocenters. The summed E-state index contributed by atoms with van der Waals surface area (Å²) in [6.07, 6.45) is 3.91. The summed E-state index contributed by atoms with van der Waals surface area (Å²) in [5.41, 5.74) is 1.17. The summed E-state index contributed by atoms with van der Waals surface area (Å²) in [6.45, 7) is 5.91. The van der Waals surface area contributed by atoms with E-state index in [-0.39, 0.29) is 30.8 Å². The predicted octanol–water partition coefficient (Wildman–Crippen LogP) is 3.99. The quantitative estimate of drug-likeness (QED) is 0.638. The molecule has 1 aromatic heterocycles.